The Labute approximate surface area is 325 Å². The van der Waals surface area contributed by atoms with Crippen molar-refractivity contribution in [1.82, 2.24) is 0 Å². The van der Waals surface area contributed by atoms with Crippen LogP contribution in [-0.2, 0) is 16.2 Å². The second-order valence-electron chi connectivity index (χ2n) is 18.9. The zero-order chi connectivity index (χ0) is 38.3. The predicted octanol–water partition coefficient (Wildman–Crippen LogP) is 12.8. The summed E-state index contributed by atoms with van der Waals surface area (Å²) in [6.45, 7) is 11.6. The molecule has 4 fully saturated rings. The number of ether oxygens (including phenoxy) is 1. The average Bonchev–Trinajstić information content (AvgIpc) is 3.16. The Bertz CT molecular complexity index is 2360. The number of aromatic carboxylic acids is 1. The predicted molar refractivity (Wildman–Crippen MR) is 223 cm³/mol. The molecule has 0 unspecified atom stereocenters. The lowest BCUT2D eigenvalue weighted by molar-refractivity contribution is -0.00622. The molecule has 0 spiro atoms. The first-order valence-electron chi connectivity index (χ1n) is 20.3. The Kier molecular flexibility index (Phi) is 8.49. The summed E-state index contributed by atoms with van der Waals surface area (Å²) < 4.78 is 6.43. The first kappa shape index (κ1) is 35.7. The van der Waals surface area contributed by atoms with Crippen LogP contribution in [0, 0.1) is 17.8 Å². The summed E-state index contributed by atoms with van der Waals surface area (Å²) in [7, 11) is 0. The highest BCUT2D eigenvalue weighted by Crippen LogP contribution is 2.62. The van der Waals surface area contributed by atoms with Gasteiger partial charge in [-0.3, -0.25) is 0 Å². The smallest absolute Gasteiger partial charge is 0.343 e. The number of carbonyl (C=O) groups is 2. The van der Waals surface area contributed by atoms with Crippen LogP contribution in [0.5, 0.6) is 5.75 Å². The van der Waals surface area contributed by atoms with Crippen molar-refractivity contribution in [2.75, 3.05) is 0 Å². The number of allylic oxidation sites excluding steroid dienone is 1. The minimum absolute atomic E-state index is 0.0191. The fraction of sp³-hybridized carbons (Fsp3) is 0.373. The third-order valence-electron chi connectivity index (χ3n) is 14.1. The van der Waals surface area contributed by atoms with Crippen LogP contribution >= 0.6 is 0 Å². The van der Waals surface area contributed by atoms with Crippen molar-refractivity contribution in [3.05, 3.63) is 136 Å². The zero-order valence-corrected chi connectivity index (χ0v) is 32.9. The minimum atomic E-state index is -0.926. The molecule has 1 N–H and O–H groups in total. The van der Waals surface area contributed by atoms with E-state index in [1.54, 1.807) is 12.1 Å². The van der Waals surface area contributed by atoms with Gasteiger partial charge in [0, 0.05) is 5.56 Å². The molecule has 4 nitrogen and oxygen atoms in total. The van der Waals surface area contributed by atoms with Crippen LogP contribution in [0.15, 0.2) is 97.1 Å². The normalized spacial score (nSPS) is 24.7. The molecule has 0 heterocycles. The first-order valence-corrected chi connectivity index (χ1v) is 20.3. The van der Waals surface area contributed by atoms with Crippen molar-refractivity contribution in [2.24, 2.45) is 17.8 Å². The maximum atomic E-state index is 14.0. The molecule has 4 saturated carbocycles. The number of carboxylic acid groups (broad SMARTS) is 1. The van der Waals surface area contributed by atoms with Gasteiger partial charge in [0.2, 0.25) is 0 Å². The highest BCUT2D eigenvalue weighted by molar-refractivity contribution is 5.98. The monoisotopic (exact) mass is 728 g/mol. The molecule has 280 valence electrons. The van der Waals surface area contributed by atoms with Crippen LogP contribution in [0.1, 0.15) is 135 Å². The molecule has 4 heteroatoms. The van der Waals surface area contributed by atoms with Gasteiger partial charge in [-0.1, -0.05) is 88.4 Å². The second-order valence-corrected chi connectivity index (χ2v) is 18.9. The highest BCUT2D eigenvalue weighted by atomic mass is 16.5. The molecule has 0 radical (unpaired) electrons. The molecule has 55 heavy (non-hydrogen) atoms. The molecule has 0 aromatic heterocycles. The molecular weight excluding hydrogens is 677 g/mol. The molecule has 5 aliphatic carbocycles. The van der Waals surface area contributed by atoms with Crippen LogP contribution in [-0.4, -0.2) is 17.0 Å². The van der Waals surface area contributed by atoms with Gasteiger partial charge in [-0.2, -0.15) is 0 Å². The highest BCUT2D eigenvalue weighted by Gasteiger charge is 2.52. The van der Waals surface area contributed by atoms with Gasteiger partial charge in [0.15, 0.2) is 0 Å². The van der Waals surface area contributed by atoms with Crippen molar-refractivity contribution in [3.8, 4) is 16.9 Å². The molecular formula is C51H52O4. The first-order chi connectivity index (χ1) is 26.2. The summed E-state index contributed by atoms with van der Waals surface area (Å²) in [6, 6.07) is 32.9. The van der Waals surface area contributed by atoms with Gasteiger partial charge in [0.1, 0.15) is 5.75 Å². The second kappa shape index (κ2) is 13.1. The van der Waals surface area contributed by atoms with Crippen LogP contribution in [0.3, 0.4) is 0 Å². The number of rotatable bonds is 7. The fourth-order valence-electron chi connectivity index (χ4n) is 11.3. The number of fused-ring (bicyclic) bond motifs is 2. The van der Waals surface area contributed by atoms with E-state index in [-0.39, 0.29) is 27.8 Å². The Morgan fingerprint density at radius 3 is 1.85 bits per heavy atom. The topological polar surface area (TPSA) is 63.6 Å². The molecule has 0 atom stereocenters. The average molecular weight is 729 g/mol. The molecule has 4 bridgehead atoms. The van der Waals surface area contributed by atoms with Crippen LogP contribution in [0.2, 0.25) is 0 Å². The summed E-state index contributed by atoms with van der Waals surface area (Å²) in [5.41, 5.74) is 10.8. The van der Waals surface area contributed by atoms with Crippen molar-refractivity contribution in [2.45, 2.75) is 102 Å². The van der Waals surface area contributed by atoms with Gasteiger partial charge < -0.3 is 9.84 Å². The third-order valence-corrected chi connectivity index (χ3v) is 14.1. The summed E-state index contributed by atoms with van der Waals surface area (Å²) in [4.78, 5) is 25.4. The quantitative estimate of drug-likeness (QED) is 0.103. The molecule has 5 aliphatic rings. The summed E-state index contributed by atoms with van der Waals surface area (Å²) in [5.74, 6) is 1.66. The summed E-state index contributed by atoms with van der Waals surface area (Å²) in [6.07, 6.45) is 12.0. The van der Waals surface area contributed by atoms with E-state index < -0.39 is 5.97 Å². The van der Waals surface area contributed by atoms with E-state index in [9.17, 15) is 14.7 Å². The van der Waals surface area contributed by atoms with Crippen LogP contribution in [0.4, 0.5) is 0 Å². The van der Waals surface area contributed by atoms with Gasteiger partial charge in [-0.25, -0.2) is 9.59 Å². The van der Waals surface area contributed by atoms with Crippen molar-refractivity contribution >= 4 is 34.4 Å². The van der Waals surface area contributed by atoms with Crippen molar-refractivity contribution in [3.63, 3.8) is 0 Å². The lowest BCUT2D eigenvalue weighted by Crippen LogP contribution is -2.48. The Morgan fingerprint density at radius 2 is 1.18 bits per heavy atom. The standard InChI is InChI=1S/C51H52O4/c1-31(20-32-6-8-36(9-7-32)47(52)53)37-15-17-46(45(26-37)51-28-33-21-34(29-51)23-35(22-33)30-51)55-48(54)42-13-12-38-24-39(10-11-40(38)25-42)41-14-16-43-44(27-41)50(4,5)19-18-49(43,2)3/h6-17,20,24-27,33-35H,18-19,21-23,28-30H2,1-5H3,(H,52,53)/b31-20+. The van der Waals surface area contributed by atoms with E-state index in [2.05, 4.69) is 95.3 Å². The van der Waals surface area contributed by atoms with E-state index in [0.29, 0.717) is 11.3 Å². The number of carboxylic acids is 1. The van der Waals surface area contributed by atoms with Gasteiger partial charge in [-0.15, -0.1) is 0 Å². The van der Waals surface area contributed by atoms with Gasteiger partial charge in [0.25, 0.3) is 0 Å². The van der Waals surface area contributed by atoms with Gasteiger partial charge in [-0.05, 0) is 184 Å². The van der Waals surface area contributed by atoms with E-state index in [4.69, 9.17) is 4.74 Å². The summed E-state index contributed by atoms with van der Waals surface area (Å²) >= 11 is 0. The molecule has 10 rings (SSSR count). The van der Waals surface area contributed by atoms with Crippen LogP contribution < -0.4 is 4.74 Å². The molecule has 5 aromatic rings. The lowest BCUT2D eigenvalue weighted by Gasteiger charge is -2.57. The fourth-order valence-corrected chi connectivity index (χ4v) is 11.3. The van der Waals surface area contributed by atoms with Crippen LogP contribution in [0.25, 0.3) is 33.5 Å². The maximum Gasteiger partial charge on any atom is 0.343 e. The van der Waals surface area contributed by atoms with Crippen molar-refractivity contribution < 1.29 is 19.4 Å². The molecule has 0 aliphatic heterocycles. The minimum Gasteiger partial charge on any atom is -0.478 e. The number of carbonyl (C=O) groups excluding carboxylic acids is 1. The van der Waals surface area contributed by atoms with E-state index in [0.717, 1.165) is 64.5 Å². The Balaban J connectivity index is 1.02. The summed E-state index contributed by atoms with van der Waals surface area (Å²) in [5, 5.41) is 11.5. The van der Waals surface area contributed by atoms with Gasteiger partial charge >= 0.3 is 11.9 Å². The molecule has 0 saturated heterocycles. The number of benzene rings is 5. The third kappa shape index (κ3) is 6.52. The number of hydrogen-bond donors (Lipinski definition) is 1. The number of esters is 1. The maximum absolute atomic E-state index is 14.0. The lowest BCUT2D eigenvalue weighted by atomic mass is 9.48. The van der Waals surface area contributed by atoms with E-state index in [1.165, 1.54) is 59.9 Å². The van der Waals surface area contributed by atoms with Gasteiger partial charge in [0.05, 0.1) is 11.1 Å². The molecule has 5 aromatic carbocycles. The van der Waals surface area contributed by atoms with E-state index in [1.807, 2.05) is 30.3 Å². The number of hydrogen-bond acceptors (Lipinski definition) is 3. The van der Waals surface area contributed by atoms with E-state index >= 15 is 0 Å². The Morgan fingerprint density at radius 1 is 0.618 bits per heavy atom. The van der Waals surface area contributed by atoms with Crippen molar-refractivity contribution in [1.29, 1.82) is 0 Å². The zero-order valence-electron chi connectivity index (χ0n) is 32.9. The SMILES string of the molecule is C/C(=C\c1ccc(C(=O)O)cc1)c1ccc(OC(=O)c2ccc3cc(-c4ccc5c(c4)C(C)(C)CCC5(C)C)ccc3c2)c(C23CC4CC(CC(C4)C2)C3)c1. The molecule has 0 amide bonds. The largest absolute Gasteiger partial charge is 0.478 e. The Hall–Kier alpha value is -4.96.